The quantitative estimate of drug-likeness (QED) is 0.116. The Morgan fingerprint density at radius 2 is 1.67 bits per heavy atom. The van der Waals surface area contributed by atoms with Gasteiger partial charge < -0.3 is 9.26 Å². The van der Waals surface area contributed by atoms with Crippen molar-refractivity contribution in [3.05, 3.63) is 101 Å². The molecule has 5 rings (SSSR count). The number of carbonyl (C=O) groups is 1. The summed E-state index contributed by atoms with van der Waals surface area (Å²) in [5.41, 5.74) is 0.125. The van der Waals surface area contributed by atoms with Gasteiger partial charge in [0.1, 0.15) is 12.1 Å². The molecule has 0 amide bonds. The summed E-state index contributed by atoms with van der Waals surface area (Å²) in [7, 11) is -4.29. The minimum absolute atomic E-state index is 0.146. The number of fused-ring (bicyclic) bond motifs is 1. The fourth-order valence-electron chi connectivity index (χ4n) is 4.31. The molecule has 0 aliphatic rings. The van der Waals surface area contributed by atoms with Crippen molar-refractivity contribution in [1.29, 1.82) is 0 Å². The lowest BCUT2D eigenvalue weighted by Gasteiger charge is -2.27. The zero-order chi connectivity index (χ0) is 30.8. The van der Waals surface area contributed by atoms with E-state index in [0.717, 1.165) is 14.6 Å². The van der Waals surface area contributed by atoms with Crippen LogP contribution in [0, 0.1) is 0 Å². The molecule has 0 bridgehead atoms. The number of anilines is 1. The van der Waals surface area contributed by atoms with Crippen molar-refractivity contribution in [2.45, 2.75) is 41.9 Å². The summed E-state index contributed by atoms with van der Waals surface area (Å²) in [6.45, 7) is 4.56. The molecule has 8 nitrogen and oxygen atoms in total. The third-order valence-corrected chi connectivity index (χ3v) is 9.27. The maximum absolute atomic E-state index is 13.9. The third-order valence-electron chi connectivity index (χ3n) is 6.08. The molecule has 222 valence electrons. The highest BCUT2D eigenvalue weighted by atomic mass is 35.5. The number of thioether (sulfide) groups is 1. The summed E-state index contributed by atoms with van der Waals surface area (Å²) < 4.78 is 39.8. The molecule has 4 aromatic carbocycles. The highest BCUT2D eigenvalue weighted by Gasteiger charge is 2.30. The second-order valence-electron chi connectivity index (χ2n) is 10.5. The normalized spacial score (nSPS) is 11.9. The molecule has 5 aromatic rings. The van der Waals surface area contributed by atoms with E-state index in [0.29, 0.717) is 28.4 Å². The molecule has 0 atom stereocenters. The van der Waals surface area contributed by atoms with E-state index in [1.165, 1.54) is 18.2 Å². The molecular formula is C31H27Cl2N3O5S2. The zero-order valence-corrected chi connectivity index (χ0v) is 26.6. The Balaban J connectivity index is 1.50. The zero-order valence-electron chi connectivity index (χ0n) is 23.5. The predicted octanol–water partition coefficient (Wildman–Crippen LogP) is 8.03. The van der Waals surface area contributed by atoms with Gasteiger partial charge in [0.25, 0.3) is 15.9 Å². The van der Waals surface area contributed by atoms with E-state index in [1.54, 1.807) is 50.7 Å². The van der Waals surface area contributed by atoms with Crippen LogP contribution in [0.3, 0.4) is 0 Å². The van der Waals surface area contributed by atoms with Gasteiger partial charge in [-0.25, -0.2) is 8.42 Å². The van der Waals surface area contributed by atoms with Crippen LogP contribution in [0.15, 0.2) is 99.2 Å². The molecule has 0 aliphatic carbocycles. The SMILES string of the molecule is CC(C)(C)OC(=O)CN(c1ccc2c(-c3nc(CSc4ccccc4)no3)cccc2c1)S(=O)(=O)c1cc(Cl)cc(Cl)c1. The van der Waals surface area contributed by atoms with Crippen molar-refractivity contribution in [3.63, 3.8) is 0 Å². The molecule has 1 heterocycles. The number of hydrogen-bond donors (Lipinski definition) is 0. The molecule has 0 spiro atoms. The molecule has 0 N–H and O–H groups in total. The van der Waals surface area contributed by atoms with Gasteiger partial charge >= 0.3 is 5.97 Å². The summed E-state index contributed by atoms with van der Waals surface area (Å²) >= 11 is 13.9. The number of aromatic nitrogens is 2. The van der Waals surface area contributed by atoms with Crippen LogP contribution in [0.5, 0.6) is 0 Å². The molecule has 43 heavy (non-hydrogen) atoms. The molecule has 12 heteroatoms. The highest BCUT2D eigenvalue weighted by Crippen LogP contribution is 2.34. The van der Waals surface area contributed by atoms with Crippen LogP contribution in [0.2, 0.25) is 10.0 Å². The van der Waals surface area contributed by atoms with Gasteiger partial charge in [-0.3, -0.25) is 9.10 Å². The topological polar surface area (TPSA) is 103 Å². The van der Waals surface area contributed by atoms with Gasteiger partial charge in [0.2, 0.25) is 0 Å². The Morgan fingerprint density at radius 3 is 2.37 bits per heavy atom. The molecular weight excluding hydrogens is 629 g/mol. The Morgan fingerprint density at radius 1 is 0.953 bits per heavy atom. The monoisotopic (exact) mass is 655 g/mol. The molecule has 0 radical (unpaired) electrons. The lowest BCUT2D eigenvalue weighted by Crippen LogP contribution is -2.39. The van der Waals surface area contributed by atoms with Crippen LogP contribution < -0.4 is 4.31 Å². The van der Waals surface area contributed by atoms with Crippen molar-refractivity contribution in [2.24, 2.45) is 0 Å². The summed E-state index contributed by atoms with van der Waals surface area (Å²) in [6, 6.07) is 24.5. The summed E-state index contributed by atoms with van der Waals surface area (Å²) in [5, 5.41) is 5.88. The molecule has 0 unspecified atom stereocenters. The number of esters is 1. The van der Waals surface area contributed by atoms with Gasteiger partial charge in [-0.1, -0.05) is 64.8 Å². The van der Waals surface area contributed by atoms with E-state index in [4.69, 9.17) is 32.5 Å². The van der Waals surface area contributed by atoms with E-state index in [9.17, 15) is 13.2 Å². The summed E-state index contributed by atoms with van der Waals surface area (Å²) in [4.78, 5) is 18.4. The van der Waals surface area contributed by atoms with E-state index >= 15 is 0 Å². The molecule has 0 saturated carbocycles. The van der Waals surface area contributed by atoms with Gasteiger partial charge in [0.15, 0.2) is 5.82 Å². The van der Waals surface area contributed by atoms with E-state index in [1.807, 2.05) is 48.5 Å². The Hall–Kier alpha value is -3.57. The van der Waals surface area contributed by atoms with Crippen LogP contribution in [-0.2, 0) is 25.3 Å². The van der Waals surface area contributed by atoms with Crippen LogP contribution >= 0.6 is 35.0 Å². The Bertz CT molecular complexity index is 1870. The number of carbonyl (C=O) groups excluding carboxylic acids is 1. The first-order valence-corrected chi connectivity index (χ1v) is 16.3. The minimum atomic E-state index is -4.29. The van der Waals surface area contributed by atoms with Crippen molar-refractivity contribution in [1.82, 2.24) is 10.1 Å². The fraction of sp³-hybridized carbons (Fsp3) is 0.194. The van der Waals surface area contributed by atoms with Gasteiger partial charge in [-0.15, -0.1) is 11.8 Å². The number of hydrogen-bond acceptors (Lipinski definition) is 8. The molecule has 0 saturated heterocycles. The van der Waals surface area contributed by atoms with E-state index in [-0.39, 0.29) is 20.6 Å². The van der Waals surface area contributed by atoms with Crippen molar-refractivity contribution in [2.75, 3.05) is 10.8 Å². The first kappa shape index (κ1) is 30.9. The van der Waals surface area contributed by atoms with Gasteiger partial charge in [-0.2, -0.15) is 4.98 Å². The average Bonchev–Trinajstić information content (AvgIpc) is 3.42. The van der Waals surface area contributed by atoms with E-state index < -0.39 is 28.1 Å². The van der Waals surface area contributed by atoms with Gasteiger partial charge in [0, 0.05) is 20.5 Å². The lowest BCUT2D eigenvalue weighted by molar-refractivity contribution is -0.152. The van der Waals surface area contributed by atoms with Crippen LogP contribution in [-0.4, -0.2) is 36.7 Å². The fourth-order valence-corrected chi connectivity index (χ4v) is 7.20. The molecule has 0 fully saturated rings. The lowest BCUT2D eigenvalue weighted by atomic mass is 10.0. The number of rotatable bonds is 9. The van der Waals surface area contributed by atoms with Gasteiger partial charge in [0.05, 0.1) is 16.3 Å². The first-order valence-electron chi connectivity index (χ1n) is 13.1. The minimum Gasteiger partial charge on any atom is -0.459 e. The highest BCUT2D eigenvalue weighted by molar-refractivity contribution is 7.98. The second-order valence-corrected chi connectivity index (χ2v) is 14.3. The number of halogens is 2. The van der Waals surface area contributed by atoms with Crippen LogP contribution in [0.1, 0.15) is 26.6 Å². The Labute approximate surface area is 264 Å². The number of nitrogens with zero attached hydrogens (tertiary/aromatic N) is 3. The average molecular weight is 657 g/mol. The summed E-state index contributed by atoms with van der Waals surface area (Å²) in [6.07, 6.45) is 0. The van der Waals surface area contributed by atoms with Crippen LogP contribution in [0.25, 0.3) is 22.2 Å². The largest absolute Gasteiger partial charge is 0.459 e. The smallest absolute Gasteiger partial charge is 0.327 e. The number of benzene rings is 4. The summed E-state index contributed by atoms with van der Waals surface area (Å²) in [5.74, 6) is 0.707. The van der Waals surface area contributed by atoms with Crippen LogP contribution in [0.4, 0.5) is 5.69 Å². The number of sulfonamides is 1. The van der Waals surface area contributed by atoms with Gasteiger partial charge in [-0.05, 0) is 80.1 Å². The first-order chi connectivity index (χ1) is 20.4. The second kappa shape index (κ2) is 12.6. The standard InChI is InChI=1S/C31H27Cl2N3O5S2/c1-31(2,3)40-29(37)18-36(43(38,39)25-16-21(32)15-22(33)17-25)23-12-13-26-20(14-23)8-7-11-27(26)30-34-28(35-41-30)19-42-24-9-5-4-6-10-24/h4-17H,18-19H2,1-3H3. The maximum atomic E-state index is 13.9. The van der Waals surface area contributed by atoms with Crippen molar-refractivity contribution < 1.29 is 22.5 Å². The number of ether oxygens (including phenoxy) is 1. The van der Waals surface area contributed by atoms with E-state index in [2.05, 4.69) is 10.1 Å². The molecule has 0 aliphatic heterocycles. The maximum Gasteiger partial charge on any atom is 0.327 e. The van der Waals surface area contributed by atoms with Crippen molar-refractivity contribution in [3.8, 4) is 11.5 Å². The predicted molar refractivity (Wildman–Crippen MR) is 170 cm³/mol. The molecule has 1 aromatic heterocycles. The third kappa shape index (κ3) is 7.51. The Kier molecular flexibility index (Phi) is 9.03. The van der Waals surface area contributed by atoms with Crippen molar-refractivity contribution >= 4 is 67.4 Å².